The van der Waals surface area contributed by atoms with Gasteiger partial charge in [-0.1, -0.05) is 39.5 Å². The first-order valence-electron chi connectivity index (χ1n) is 11.7. The summed E-state index contributed by atoms with van der Waals surface area (Å²) in [5.41, 5.74) is 1.33. The molecule has 1 saturated heterocycles. The average Bonchev–Trinajstić information content (AvgIpc) is 2.83. The van der Waals surface area contributed by atoms with Gasteiger partial charge in [-0.3, -0.25) is 30.1 Å². The molecule has 1 aliphatic heterocycles. The van der Waals surface area contributed by atoms with Crippen LogP contribution in [0.25, 0.3) is 0 Å². The van der Waals surface area contributed by atoms with Gasteiger partial charge in [-0.05, 0) is 37.1 Å². The third kappa shape index (κ3) is 5.94. The van der Waals surface area contributed by atoms with E-state index in [1.807, 2.05) is 4.90 Å². The van der Waals surface area contributed by atoms with E-state index in [2.05, 4.69) is 18.7 Å². The molecule has 180 valence electrons. The maximum absolute atomic E-state index is 11.1. The number of guanidine groups is 2. The minimum Gasteiger partial charge on any atom is -0.281 e. The highest BCUT2D eigenvalue weighted by molar-refractivity contribution is 6.32. The normalized spacial score (nSPS) is 15.6. The molecule has 0 spiro atoms. The van der Waals surface area contributed by atoms with Crippen molar-refractivity contribution < 1.29 is 9.85 Å². The lowest BCUT2D eigenvalue weighted by Crippen LogP contribution is -2.66. The van der Waals surface area contributed by atoms with E-state index in [0.29, 0.717) is 18.2 Å². The van der Waals surface area contributed by atoms with Crippen molar-refractivity contribution in [3.63, 3.8) is 0 Å². The SMILES string of the molecule is CCCCCN=C1N(CCCCC)C(=Nc2ccc([N+](=O)[O-])cc2)N1c1ccc([N+](=O)[O-])cc1. The Morgan fingerprint density at radius 2 is 1.32 bits per heavy atom. The van der Waals surface area contributed by atoms with E-state index in [4.69, 9.17) is 9.98 Å². The Kier molecular flexibility index (Phi) is 8.66. The van der Waals surface area contributed by atoms with Crippen molar-refractivity contribution in [2.75, 3.05) is 18.0 Å². The molecule has 2 aromatic carbocycles. The number of nitro benzene ring substituents is 2. The van der Waals surface area contributed by atoms with Gasteiger partial charge in [0, 0.05) is 37.4 Å². The van der Waals surface area contributed by atoms with Gasteiger partial charge in [0.2, 0.25) is 11.9 Å². The lowest BCUT2D eigenvalue weighted by atomic mass is 10.2. The number of nitrogens with zero attached hydrogens (tertiary/aromatic N) is 6. The Bertz CT molecular complexity index is 1050. The summed E-state index contributed by atoms with van der Waals surface area (Å²) in [6, 6.07) is 12.4. The van der Waals surface area contributed by atoms with Crippen LogP contribution in [0.5, 0.6) is 0 Å². The number of benzene rings is 2. The highest BCUT2D eigenvalue weighted by Crippen LogP contribution is 2.30. The number of non-ortho nitro benzene ring substituents is 2. The van der Waals surface area contributed by atoms with Crippen LogP contribution in [0.3, 0.4) is 0 Å². The monoisotopic (exact) mass is 466 g/mol. The minimum atomic E-state index is -0.443. The third-order valence-corrected chi connectivity index (χ3v) is 5.49. The van der Waals surface area contributed by atoms with Crippen LogP contribution in [0.2, 0.25) is 0 Å². The number of anilines is 1. The van der Waals surface area contributed by atoms with Crippen LogP contribution in [0.15, 0.2) is 58.5 Å². The molecular weight excluding hydrogens is 436 g/mol. The average molecular weight is 467 g/mol. The fourth-order valence-corrected chi connectivity index (χ4v) is 3.62. The van der Waals surface area contributed by atoms with Crippen LogP contribution in [0.1, 0.15) is 52.4 Å². The molecule has 0 atom stereocenters. The van der Waals surface area contributed by atoms with Gasteiger partial charge in [-0.25, -0.2) is 9.89 Å². The van der Waals surface area contributed by atoms with Crippen LogP contribution in [0.4, 0.5) is 22.7 Å². The molecule has 34 heavy (non-hydrogen) atoms. The van der Waals surface area contributed by atoms with E-state index >= 15 is 0 Å². The molecule has 1 aliphatic rings. The van der Waals surface area contributed by atoms with Crippen molar-refractivity contribution in [2.45, 2.75) is 52.4 Å². The number of unbranched alkanes of at least 4 members (excludes halogenated alkanes) is 4. The first kappa shape index (κ1) is 24.8. The van der Waals surface area contributed by atoms with Crippen LogP contribution >= 0.6 is 0 Å². The maximum Gasteiger partial charge on any atom is 0.269 e. The number of hydrogen-bond acceptors (Lipinski definition) is 6. The van der Waals surface area contributed by atoms with Gasteiger partial charge in [0.25, 0.3) is 11.4 Å². The standard InChI is InChI=1S/C24H30N6O4/c1-3-5-7-17-25-23-27(18-8-6-4-2)24(26-19-9-11-21(12-10-19)29(31)32)28(23)20-13-15-22(16-14-20)30(33)34/h9-16H,3-8,17-18H2,1-2H3. The molecule has 0 aliphatic carbocycles. The maximum atomic E-state index is 11.1. The molecule has 1 heterocycles. The van der Waals surface area contributed by atoms with E-state index in [-0.39, 0.29) is 11.4 Å². The fraction of sp³-hybridized carbons (Fsp3) is 0.417. The van der Waals surface area contributed by atoms with Crippen molar-refractivity contribution in [3.05, 3.63) is 68.8 Å². The molecule has 1 fully saturated rings. The lowest BCUT2D eigenvalue weighted by Gasteiger charge is -2.46. The van der Waals surface area contributed by atoms with E-state index < -0.39 is 9.85 Å². The van der Waals surface area contributed by atoms with Gasteiger partial charge in [-0.2, -0.15) is 0 Å². The molecule has 0 aromatic heterocycles. The summed E-state index contributed by atoms with van der Waals surface area (Å²) in [4.78, 5) is 34.8. The quantitative estimate of drug-likeness (QED) is 0.213. The predicted octanol–water partition coefficient (Wildman–Crippen LogP) is 6.05. The van der Waals surface area contributed by atoms with Gasteiger partial charge in [0.05, 0.1) is 21.2 Å². The van der Waals surface area contributed by atoms with Gasteiger partial charge in [-0.15, -0.1) is 0 Å². The fourth-order valence-electron chi connectivity index (χ4n) is 3.62. The summed E-state index contributed by atoms with van der Waals surface area (Å²) >= 11 is 0. The lowest BCUT2D eigenvalue weighted by molar-refractivity contribution is -0.385. The first-order valence-corrected chi connectivity index (χ1v) is 11.7. The van der Waals surface area contributed by atoms with Crippen molar-refractivity contribution >= 4 is 34.7 Å². The Morgan fingerprint density at radius 3 is 1.88 bits per heavy atom. The Labute approximate surface area is 198 Å². The Hall–Kier alpha value is -3.82. The summed E-state index contributed by atoms with van der Waals surface area (Å²) in [6.45, 7) is 5.72. The van der Waals surface area contributed by atoms with Crippen LogP contribution < -0.4 is 4.90 Å². The second-order valence-electron chi connectivity index (χ2n) is 8.04. The number of nitro groups is 2. The Balaban J connectivity index is 1.98. The zero-order valence-electron chi connectivity index (χ0n) is 19.6. The minimum absolute atomic E-state index is 0.00256. The second kappa shape index (κ2) is 11.9. The third-order valence-electron chi connectivity index (χ3n) is 5.49. The topological polar surface area (TPSA) is 117 Å². The molecule has 0 unspecified atom stereocenters. The summed E-state index contributed by atoms with van der Waals surface area (Å²) in [6.07, 6.45) is 6.29. The molecule has 2 aromatic rings. The zero-order chi connectivity index (χ0) is 24.5. The van der Waals surface area contributed by atoms with Crippen LogP contribution in [0, 0.1) is 20.2 Å². The van der Waals surface area contributed by atoms with Gasteiger partial charge in [0.15, 0.2) is 0 Å². The number of aliphatic imine (C=N–C) groups is 2. The summed E-state index contributed by atoms with van der Waals surface area (Å²) in [5, 5.41) is 22.1. The summed E-state index contributed by atoms with van der Waals surface area (Å²) in [7, 11) is 0. The van der Waals surface area contributed by atoms with Gasteiger partial charge >= 0.3 is 0 Å². The molecular formula is C24H30N6O4. The molecule has 0 N–H and O–H groups in total. The zero-order valence-corrected chi connectivity index (χ0v) is 19.6. The largest absolute Gasteiger partial charge is 0.281 e. The van der Waals surface area contributed by atoms with Crippen molar-refractivity contribution in [3.8, 4) is 0 Å². The molecule has 0 amide bonds. The highest BCUT2D eigenvalue weighted by atomic mass is 16.6. The number of rotatable bonds is 12. The van der Waals surface area contributed by atoms with Gasteiger partial charge < -0.3 is 0 Å². The molecule has 0 bridgehead atoms. The molecule has 10 heteroatoms. The van der Waals surface area contributed by atoms with Gasteiger partial charge in [0.1, 0.15) is 0 Å². The molecule has 0 radical (unpaired) electrons. The van der Waals surface area contributed by atoms with Crippen molar-refractivity contribution in [2.24, 2.45) is 9.98 Å². The van der Waals surface area contributed by atoms with Crippen LogP contribution in [-0.4, -0.2) is 39.8 Å². The Morgan fingerprint density at radius 1 is 0.765 bits per heavy atom. The van der Waals surface area contributed by atoms with E-state index in [9.17, 15) is 20.2 Å². The van der Waals surface area contributed by atoms with Crippen LogP contribution in [-0.2, 0) is 0 Å². The van der Waals surface area contributed by atoms with Crippen molar-refractivity contribution in [1.82, 2.24) is 4.90 Å². The van der Waals surface area contributed by atoms with E-state index in [1.165, 1.54) is 24.3 Å². The second-order valence-corrected chi connectivity index (χ2v) is 8.04. The van der Waals surface area contributed by atoms with E-state index in [0.717, 1.165) is 56.7 Å². The molecule has 3 rings (SSSR count). The predicted molar refractivity (Wildman–Crippen MR) is 134 cm³/mol. The first-order chi connectivity index (χ1) is 16.5. The molecule has 0 saturated carbocycles. The summed E-state index contributed by atoms with van der Waals surface area (Å²) < 4.78 is 0. The van der Waals surface area contributed by atoms with Crippen molar-refractivity contribution in [1.29, 1.82) is 0 Å². The molecule has 10 nitrogen and oxygen atoms in total. The summed E-state index contributed by atoms with van der Waals surface area (Å²) in [5.74, 6) is 1.41. The highest BCUT2D eigenvalue weighted by Gasteiger charge is 2.40. The van der Waals surface area contributed by atoms with E-state index in [1.54, 1.807) is 24.3 Å². The number of hydrogen-bond donors (Lipinski definition) is 0. The smallest absolute Gasteiger partial charge is 0.269 e.